The summed E-state index contributed by atoms with van der Waals surface area (Å²) in [5, 5.41) is 10.2. The Morgan fingerprint density at radius 3 is 2.36 bits per heavy atom. The Morgan fingerprint density at radius 2 is 1.52 bits per heavy atom. The molecule has 0 unspecified atom stereocenters. The fourth-order valence-corrected chi connectivity index (χ4v) is 5.89. The van der Waals surface area contributed by atoms with Gasteiger partial charge in [0.25, 0.3) is 11.8 Å². The summed E-state index contributed by atoms with van der Waals surface area (Å²) in [6.07, 6.45) is 5.75. The van der Waals surface area contributed by atoms with Gasteiger partial charge in [-0.05, 0) is 57.7 Å². The number of carbonyl (C=O) groups is 2. The van der Waals surface area contributed by atoms with Crippen LogP contribution in [0.1, 0.15) is 24.1 Å². The second kappa shape index (κ2) is 10.4. The number of unbranched alkanes of at least 4 members (excludes halogenated alkanes) is 1. The summed E-state index contributed by atoms with van der Waals surface area (Å²) in [5.41, 5.74) is 5.50. The third-order valence-corrected chi connectivity index (χ3v) is 7.89. The van der Waals surface area contributed by atoms with Crippen molar-refractivity contribution in [2.45, 2.75) is 19.4 Å². The minimum Gasteiger partial charge on any atom is -0.314 e. The Balaban J connectivity index is 1.40. The van der Waals surface area contributed by atoms with Crippen LogP contribution < -0.4 is 5.32 Å². The van der Waals surface area contributed by atoms with Gasteiger partial charge in [-0.3, -0.25) is 24.6 Å². The van der Waals surface area contributed by atoms with Gasteiger partial charge in [-0.25, -0.2) is 0 Å². The first kappa shape index (κ1) is 25.9. The molecule has 0 fully saturated rings. The number of pyridine rings is 1. The SMILES string of the molecule is CN(C)CCCCn1nc(C2=C(c3cn(-c4cnc5ccccc5c4)c4ccccc34)C(=O)NC2=O)c2ccccc21. The zero-order valence-corrected chi connectivity index (χ0v) is 23.5. The van der Waals surface area contributed by atoms with Gasteiger partial charge in [0, 0.05) is 34.5 Å². The van der Waals surface area contributed by atoms with Crippen LogP contribution in [0.3, 0.4) is 0 Å². The number of amides is 2. The predicted octanol–water partition coefficient (Wildman–Crippen LogP) is 5.44. The molecule has 0 aliphatic carbocycles. The first-order valence-corrected chi connectivity index (χ1v) is 14.2. The van der Waals surface area contributed by atoms with Gasteiger partial charge in [-0.2, -0.15) is 5.10 Å². The molecule has 7 rings (SSSR count). The standard InChI is InChI=1S/C34H30N6O2/c1-38(2)17-9-10-18-40-29-16-8-5-13-25(29)32(37-40)31-30(33(41)36-34(31)42)26-21-39(28-15-7-4-12-24(26)28)23-19-22-11-3-6-14-27(22)35-20-23/h3-8,11-16,19-21H,9-10,17-18H2,1-2H3,(H,36,41,42). The van der Waals surface area contributed by atoms with Gasteiger partial charge >= 0.3 is 0 Å². The second-order valence-electron chi connectivity index (χ2n) is 10.9. The van der Waals surface area contributed by atoms with Crippen LogP contribution in [0.5, 0.6) is 0 Å². The van der Waals surface area contributed by atoms with Crippen LogP contribution in [-0.4, -0.2) is 56.7 Å². The van der Waals surface area contributed by atoms with Crippen LogP contribution in [0.25, 0.3) is 49.5 Å². The topological polar surface area (TPSA) is 85.1 Å². The quantitative estimate of drug-likeness (QED) is 0.200. The molecular weight excluding hydrogens is 524 g/mol. The molecule has 8 heteroatoms. The van der Waals surface area contributed by atoms with Crippen molar-refractivity contribution < 1.29 is 9.59 Å². The number of hydrogen-bond donors (Lipinski definition) is 1. The summed E-state index contributed by atoms with van der Waals surface area (Å²) in [6.45, 7) is 1.72. The van der Waals surface area contributed by atoms with E-state index in [-0.39, 0.29) is 0 Å². The van der Waals surface area contributed by atoms with Crippen molar-refractivity contribution in [2.75, 3.05) is 20.6 Å². The summed E-state index contributed by atoms with van der Waals surface area (Å²) in [4.78, 5) is 33.8. The summed E-state index contributed by atoms with van der Waals surface area (Å²) in [6, 6.07) is 25.9. The predicted molar refractivity (Wildman–Crippen MR) is 166 cm³/mol. The van der Waals surface area contributed by atoms with Crippen molar-refractivity contribution in [1.82, 2.24) is 29.5 Å². The number of fused-ring (bicyclic) bond motifs is 3. The average molecular weight is 555 g/mol. The van der Waals surface area contributed by atoms with Crippen molar-refractivity contribution in [1.29, 1.82) is 0 Å². The van der Waals surface area contributed by atoms with E-state index in [1.54, 1.807) is 0 Å². The largest absolute Gasteiger partial charge is 0.314 e. The van der Waals surface area contributed by atoms with Crippen LogP contribution in [0.15, 0.2) is 91.3 Å². The molecule has 3 aromatic carbocycles. The number of para-hydroxylation sites is 3. The van der Waals surface area contributed by atoms with Gasteiger partial charge in [0.05, 0.1) is 39.6 Å². The number of imide groups is 1. The molecule has 1 aliphatic rings. The van der Waals surface area contributed by atoms with Gasteiger partial charge in [0.1, 0.15) is 5.69 Å². The lowest BCUT2D eigenvalue weighted by molar-refractivity contribution is -0.122. The monoisotopic (exact) mass is 554 g/mol. The zero-order valence-electron chi connectivity index (χ0n) is 23.5. The van der Waals surface area contributed by atoms with E-state index in [0.717, 1.165) is 64.3 Å². The van der Waals surface area contributed by atoms with Gasteiger partial charge in [0.15, 0.2) is 0 Å². The summed E-state index contributed by atoms with van der Waals surface area (Å²) in [5.74, 6) is -0.846. The number of hydrogen-bond acceptors (Lipinski definition) is 5. The van der Waals surface area contributed by atoms with Crippen molar-refractivity contribution >= 4 is 55.7 Å². The van der Waals surface area contributed by atoms with E-state index in [0.29, 0.717) is 22.4 Å². The molecule has 1 aliphatic heterocycles. The maximum atomic E-state index is 13.5. The van der Waals surface area contributed by atoms with E-state index in [2.05, 4.69) is 35.4 Å². The minimum atomic E-state index is -0.429. The molecule has 4 heterocycles. The smallest absolute Gasteiger partial charge is 0.261 e. The lowest BCUT2D eigenvalue weighted by atomic mass is 9.97. The number of aromatic nitrogens is 4. The maximum absolute atomic E-state index is 13.5. The van der Waals surface area contributed by atoms with E-state index in [4.69, 9.17) is 5.10 Å². The molecule has 1 N–H and O–H groups in total. The number of nitrogens with one attached hydrogen (secondary N) is 1. The third-order valence-electron chi connectivity index (χ3n) is 7.89. The van der Waals surface area contributed by atoms with E-state index < -0.39 is 11.8 Å². The number of rotatable bonds is 8. The van der Waals surface area contributed by atoms with E-state index >= 15 is 0 Å². The highest BCUT2D eigenvalue weighted by Gasteiger charge is 2.36. The Labute approximate surface area is 242 Å². The molecule has 42 heavy (non-hydrogen) atoms. The highest BCUT2D eigenvalue weighted by atomic mass is 16.2. The van der Waals surface area contributed by atoms with E-state index in [9.17, 15) is 9.59 Å². The summed E-state index contributed by atoms with van der Waals surface area (Å²) >= 11 is 0. The fraction of sp³-hybridized carbons (Fsp3) is 0.176. The number of carbonyl (C=O) groups excluding carboxylic acids is 2. The number of nitrogens with zero attached hydrogens (tertiary/aromatic N) is 5. The van der Waals surface area contributed by atoms with Crippen LogP contribution in [0, 0.1) is 0 Å². The lowest BCUT2D eigenvalue weighted by Crippen LogP contribution is -2.22. The molecular formula is C34H30N6O2. The van der Waals surface area contributed by atoms with Crippen molar-refractivity contribution in [3.05, 3.63) is 103 Å². The van der Waals surface area contributed by atoms with Crippen molar-refractivity contribution in [3.63, 3.8) is 0 Å². The van der Waals surface area contributed by atoms with Gasteiger partial charge in [-0.15, -0.1) is 0 Å². The molecule has 0 radical (unpaired) electrons. The molecule has 6 aromatic rings. The average Bonchev–Trinajstić information content (AvgIpc) is 3.65. The molecule has 0 spiro atoms. The van der Waals surface area contributed by atoms with Gasteiger partial charge in [0.2, 0.25) is 0 Å². The highest BCUT2D eigenvalue weighted by molar-refractivity contribution is 6.50. The summed E-state index contributed by atoms with van der Waals surface area (Å²) in [7, 11) is 4.14. The maximum Gasteiger partial charge on any atom is 0.261 e. The Morgan fingerprint density at radius 1 is 0.810 bits per heavy atom. The molecule has 3 aromatic heterocycles. The van der Waals surface area contributed by atoms with Crippen LogP contribution >= 0.6 is 0 Å². The third kappa shape index (κ3) is 4.37. The van der Waals surface area contributed by atoms with E-state index in [1.165, 1.54) is 0 Å². The lowest BCUT2D eigenvalue weighted by Gasteiger charge is -2.09. The molecule has 0 atom stereocenters. The first-order valence-electron chi connectivity index (χ1n) is 14.2. The summed E-state index contributed by atoms with van der Waals surface area (Å²) < 4.78 is 4.00. The Hall–Kier alpha value is -5.08. The normalized spacial score (nSPS) is 13.8. The zero-order chi connectivity index (χ0) is 28.8. The van der Waals surface area contributed by atoms with Crippen LogP contribution in [-0.2, 0) is 16.1 Å². The molecule has 8 nitrogen and oxygen atoms in total. The molecule has 208 valence electrons. The molecule has 0 saturated carbocycles. The molecule has 0 saturated heterocycles. The molecule has 2 amide bonds. The first-order chi connectivity index (χ1) is 20.5. The second-order valence-corrected chi connectivity index (χ2v) is 10.9. The number of aryl methyl sites for hydroxylation is 1. The number of benzene rings is 3. The van der Waals surface area contributed by atoms with Crippen molar-refractivity contribution in [3.8, 4) is 5.69 Å². The van der Waals surface area contributed by atoms with Crippen LogP contribution in [0.2, 0.25) is 0 Å². The molecule has 0 bridgehead atoms. The Kier molecular flexibility index (Phi) is 6.40. The van der Waals surface area contributed by atoms with Crippen molar-refractivity contribution in [2.24, 2.45) is 0 Å². The van der Waals surface area contributed by atoms with Crippen LogP contribution in [0.4, 0.5) is 0 Å². The van der Waals surface area contributed by atoms with E-state index in [1.807, 2.05) is 94.4 Å². The van der Waals surface area contributed by atoms with Gasteiger partial charge < -0.3 is 9.47 Å². The fourth-order valence-electron chi connectivity index (χ4n) is 5.89. The minimum absolute atomic E-state index is 0.308. The van der Waals surface area contributed by atoms with Gasteiger partial charge in [-0.1, -0.05) is 54.6 Å². The highest BCUT2D eigenvalue weighted by Crippen LogP contribution is 2.38. The Bertz CT molecular complexity index is 2050.